The Morgan fingerprint density at radius 2 is 1.51 bits per heavy atom. The fourth-order valence-electron chi connectivity index (χ4n) is 6.86. The van der Waals surface area contributed by atoms with E-state index in [2.05, 4.69) is 138 Å². The lowest BCUT2D eigenvalue weighted by atomic mass is 9.88. The molecule has 7 heteroatoms. The van der Waals surface area contributed by atoms with Crippen LogP contribution in [0.1, 0.15) is 26.3 Å². The van der Waals surface area contributed by atoms with Crippen molar-refractivity contribution in [1.82, 2.24) is 14.5 Å². The number of pyridine rings is 2. The van der Waals surface area contributed by atoms with Gasteiger partial charge in [0.1, 0.15) is 22.1 Å². The van der Waals surface area contributed by atoms with Crippen LogP contribution >= 0.6 is 11.3 Å². The van der Waals surface area contributed by atoms with Crippen LogP contribution in [0.25, 0.3) is 47.9 Å². The van der Waals surface area contributed by atoms with E-state index in [4.69, 9.17) is 9.72 Å². The molecule has 0 N–H and O–H groups in total. The van der Waals surface area contributed by atoms with Crippen molar-refractivity contribution >= 4 is 70.5 Å². The van der Waals surface area contributed by atoms with Crippen molar-refractivity contribution in [3.8, 4) is 17.3 Å². The lowest BCUT2D eigenvalue weighted by Gasteiger charge is -2.20. The molecule has 0 radical (unpaired) electrons. The zero-order valence-electron chi connectivity index (χ0n) is 26.7. The first-order valence-electron chi connectivity index (χ1n) is 15.9. The quantitative estimate of drug-likeness (QED) is 0.193. The van der Waals surface area contributed by atoms with Crippen LogP contribution in [0.3, 0.4) is 0 Å². The van der Waals surface area contributed by atoms with Gasteiger partial charge in [-0.05, 0) is 77.7 Å². The Labute approximate surface area is 277 Å². The van der Waals surface area contributed by atoms with Gasteiger partial charge < -0.3 is 14.5 Å². The number of hydrogen-bond acceptors (Lipinski definition) is 6. The molecule has 4 aromatic carbocycles. The maximum Gasteiger partial charge on any atom is 0.137 e. The zero-order valence-corrected chi connectivity index (χ0v) is 27.5. The van der Waals surface area contributed by atoms with Crippen LogP contribution in [-0.4, -0.2) is 28.3 Å². The Morgan fingerprint density at radius 1 is 0.681 bits per heavy atom. The van der Waals surface area contributed by atoms with Gasteiger partial charge in [-0.1, -0.05) is 45.0 Å². The number of anilines is 3. The standard InChI is InChI=1S/C40H33N5OS/c1-40(2,3)25-16-18-41-38(19-25)45-33-13-6-5-11-29(33)30-15-14-28(21-34(30)45)46-27-10-7-9-26(20-27)44-24-43(4)35-22-32-31-12-8-17-42-39(31)47-37(32)23-36(35)44/h5-23H,24H2,1-4H3. The summed E-state index contributed by atoms with van der Waals surface area (Å²) < 4.78 is 10.1. The third kappa shape index (κ3) is 4.53. The largest absolute Gasteiger partial charge is 0.457 e. The number of hydrogen-bond donors (Lipinski definition) is 0. The molecular formula is C40H33N5OS. The van der Waals surface area contributed by atoms with Crippen molar-refractivity contribution in [2.75, 3.05) is 23.5 Å². The molecule has 0 bridgehead atoms. The Hall–Kier alpha value is -5.40. The fourth-order valence-corrected chi connectivity index (χ4v) is 7.92. The molecule has 8 aromatic rings. The second-order valence-electron chi connectivity index (χ2n) is 13.3. The molecule has 0 atom stereocenters. The first-order valence-corrected chi connectivity index (χ1v) is 16.7. The van der Waals surface area contributed by atoms with Gasteiger partial charge in [0.25, 0.3) is 0 Å². The van der Waals surface area contributed by atoms with E-state index in [9.17, 15) is 0 Å². The molecular weight excluding hydrogens is 599 g/mol. The van der Waals surface area contributed by atoms with Crippen LogP contribution < -0.4 is 14.5 Å². The second-order valence-corrected chi connectivity index (χ2v) is 14.4. The molecule has 0 aliphatic carbocycles. The van der Waals surface area contributed by atoms with Gasteiger partial charge in [-0.25, -0.2) is 9.97 Å². The van der Waals surface area contributed by atoms with E-state index in [1.165, 1.54) is 43.2 Å². The van der Waals surface area contributed by atoms with E-state index in [1.54, 1.807) is 11.3 Å². The normalized spacial score (nSPS) is 13.4. The van der Waals surface area contributed by atoms with E-state index in [0.29, 0.717) is 0 Å². The van der Waals surface area contributed by atoms with E-state index < -0.39 is 0 Å². The molecule has 47 heavy (non-hydrogen) atoms. The first kappa shape index (κ1) is 27.9. The van der Waals surface area contributed by atoms with Gasteiger partial charge in [0.15, 0.2) is 0 Å². The van der Waals surface area contributed by atoms with Crippen molar-refractivity contribution in [3.05, 3.63) is 121 Å². The predicted octanol–water partition coefficient (Wildman–Crippen LogP) is 10.6. The number of fused-ring (bicyclic) bond motifs is 7. The summed E-state index contributed by atoms with van der Waals surface area (Å²) in [5.41, 5.74) is 6.95. The number of benzene rings is 4. The van der Waals surface area contributed by atoms with Crippen LogP contribution in [0.2, 0.25) is 0 Å². The second kappa shape index (κ2) is 10.3. The molecule has 1 aliphatic heterocycles. The number of aromatic nitrogens is 3. The van der Waals surface area contributed by atoms with Gasteiger partial charge in [-0.3, -0.25) is 4.57 Å². The molecule has 1 aliphatic rings. The van der Waals surface area contributed by atoms with Crippen LogP contribution in [0, 0.1) is 0 Å². The summed E-state index contributed by atoms with van der Waals surface area (Å²) in [6.07, 6.45) is 3.78. The molecule has 0 saturated carbocycles. The number of nitrogens with zero attached hydrogens (tertiary/aromatic N) is 5. The maximum absolute atomic E-state index is 6.60. The number of rotatable bonds is 4. The van der Waals surface area contributed by atoms with Crippen molar-refractivity contribution in [2.45, 2.75) is 26.2 Å². The van der Waals surface area contributed by atoms with E-state index in [1.807, 2.05) is 24.5 Å². The van der Waals surface area contributed by atoms with Gasteiger partial charge in [-0.15, -0.1) is 11.3 Å². The molecule has 0 fully saturated rings. The Balaban J connectivity index is 1.10. The number of para-hydroxylation sites is 1. The summed E-state index contributed by atoms with van der Waals surface area (Å²) in [4.78, 5) is 15.2. The topological polar surface area (TPSA) is 46.4 Å². The third-order valence-electron chi connectivity index (χ3n) is 9.25. The minimum absolute atomic E-state index is 0.0154. The van der Waals surface area contributed by atoms with Crippen molar-refractivity contribution in [2.24, 2.45) is 0 Å². The summed E-state index contributed by atoms with van der Waals surface area (Å²) in [5.74, 6) is 2.48. The summed E-state index contributed by atoms with van der Waals surface area (Å²) in [5, 5.41) is 4.84. The summed E-state index contributed by atoms with van der Waals surface area (Å²) in [7, 11) is 2.15. The molecule has 4 aromatic heterocycles. The van der Waals surface area contributed by atoms with Gasteiger partial charge in [0.05, 0.1) is 29.1 Å². The number of ether oxygens (including phenoxy) is 1. The fraction of sp³-hybridized carbons (Fsp3) is 0.150. The molecule has 0 amide bonds. The minimum atomic E-state index is 0.0154. The third-order valence-corrected chi connectivity index (χ3v) is 10.3. The molecule has 0 spiro atoms. The Morgan fingerprint density at radius 3 is 2.40 bits per heavy atom. The van der Waals surface area contributed by atoms with Crippen LogP contribution in [-0.2, 0) is 5.41 Å². The lowest BCUT2D eigenvalue weighted by Crippen LogP contribution is -2.23. The predicted molar refractivity (Wildman–Crippen MR) is 196 cm³/mol. The van der Waals surface area contributed by atoms with Crippen molar-refractivity contribution in [3.63, 3.8) is 0 Å². The highest BCUT2D eigenvalue weighted by Crippen LogP contribution is 2.46. The highest BCUT2D eigenvalue weighted by molar-refractivity contribution is 7.25. The Bertz CT molecular complexity index is 2510. The van der Waals surface area contributed by atoms with Crippen LogP contribution in [0.15, 0.2) is 116 Å². The SMILES string of the molecule is CN1CN(c2cccc(Oc3ccc4c5ccccc5n(-c5cc(C(C)(C)C)ccn5)c4c3)c2)c2cc3sc4ncccc4c3cc21. The summed E-state index contributed by atoms with van der Waals surface area (Å²) >= 11 is 1.75. The molecule has 0 saturated heterocycles. The molecule has 6 nitrogen and oxygen atoms in total. The number of thiophene rings is 1. The van der Waals surface area contributed by atoms with E-state index in [0.717, 1.165) is 45.5 Å². The molecule has 5 heterocycles. The zero-order chi connectivity index (χ0) is 31.9. The molecule has 9 rings (SSSR count). The van der Waals surface area contributed by atoms with Crippen molar-refractivity contribution < 1.29 is 4.74 Å². The van der Waals surface area contributed by atoms with Gasteiger partial charge >= 0.3 is 0 Å². The minimum Gasteiger partial charge on any atom is -0.457 e. The van der Waals surface area contributed by atoms with E-state index in [-0.39, 0.29) is 5.41 Å². The lowest BCUT2D eigenvalue weighted by molar-refractivity contribution is 0.483. The van der Waals surface area contributed by atoms with E-state index >= 15 is 0 Å². The summed E-state index contributed by atoms with van der Waals surface area (Å²) in [6.45, 7) is 7.47. The molecule has 230 valence electrons. The average Bonchev–Trinajstić information content (AvgIpc) is 3.72. The monoisotopic (exact) mass is 631 g/mol. The van der Waals surface area contributed by atoms with Crippen LogP contribution in [0.5, 0.6) is 11.5 Å². The average molecular weight is 632 g/mol. The summed E-state index contributed by atoms with van der Waals surface area (Å²) in [6, 6.07) is 36.4. The first-order chi connectivity index (χ1) is 22.8. The van der Waals surface area contributed by atoms with Gasteiger partial charge in [0.2, 0.25) is 0 Å². The van der Waals surface area contributed by atoms with Gasteiger partial charge in [0, 0.05) is 63.5 Å². The smallest absolute Gasteiger partial charge is 0.137 e. The highest BCUT2D eigenvalue weighted by atomic mass is 32.1. The van der Waals surface area contributed by atoms with Crippen LogP contribution in [0.4, 0.5) is 17.1 Å². The Kier molecular flexibility index (Phi) is 6.11. The van der Waals surface area contributed by atoms with Gasteiger partial charge in [-0.2, -0.15) is 0 Å². The highest BCUT2D eigenvalue weighted by Gasteiger charge is 2.27. The van der Waals surface area contributed by atoms with Crippen molar-refractivity contribution in [1.29, 1.82) is 0 Å². The maximum atomic E-state index is 6.60. The molecule has 0 unspecified atom stereocenters.